The Bertz CT molecular complexity index is 1040. The molecule has 3 aromatic rings. The molecule has 0 unspecified atom stereocenters. The van der Waals surface area contributed by atoms with Crippen LogP contribution >= 0.6 is 11.6 Å². The predicted molar refractivity (Wildman–Crippen MR) is 116 cm³/mol. The second-order valence-corrected chi connectivity index (χ2v) is 6.70. The van der Waals surface area contributed by atoms with Gasteiger partial charge in [0.05, 0.1) is 18.7 Å². The second kappa shape index (κ2) is 9.76. The predicted octanol–water partition coefficient (Wildman–Crippen LogP) is 4.79. The summed E-state index contributed by atoms with van der Waals surface area (Å²) in [5.41, 5.74) is 2.20. The van der Waals surface area contributed by atoms with E-state index in [1.54, 1.807) is 55.6 Å². The molecule has 0 bridgehead atoms. The van der Waals surface area contributed by atoms with Crippen LogP contribution in [0.25, 0.3) is 0 Å². The number of nitrogens with one attached hydrogen (secondary N) is 3. The number of rotatable bonds is 7. The van der Waals surface area contributed by atoms with Gasteiger partial charge in [-0.15, -0.1) is 0 Å². The minimum absolute atomic E-state index is 0.00755. The average Bonchev–Trinajstić information content (AvgIpc) is 2.76. The van der Waals surface area contributed by atoms with Crippen molar-refractivity contribution in [1.29, 1.82) is 0 Å². The van der Waals surface area contributed by atoms with E-state index in [0.29, 0.717) is 28.4 Å². The molecule has 0 aromatic heterocycles. The number of carbonyl (C=O) groups is 2. The third kappa shape index (κ3) is 5.71. The molecule has 3 aromatic carbocycles. The zero-order valence-electron chi connectivity index (χ0n) is 16.0. The van der Waals surface area contributed by atoms with Crippen LogP contribution in [0.2, 0.25) is 5.02 Å². The summed E-state index contributed by atoms with van der Waals surface area (Å²) in [6.07, 6.45) is 0. The van der Waals surface area contributed by atoms with Crippen molar-refractivity contribution < 1.29 is 18.7 Å². The maximum Gasteiger partial charge on any atom is 0.255 e. The minimum Gasteiger partial charge on any atom is -0.497 e. The summed E-state index contributed by atoms with van der Waals surface area (Å²) in [5, 5.41) is 8.31. The van der Waals surface area contributed by atoms with Crippen LogP contribution in [0.3, 0.4) is 0 Å². The minimum atomic E-state index is -0.552. The molecule has 3 rings (SSSR count). The van der Waals surface area contributed by atoms with Crippen molar-refractivity contribution in [3.63, 3.8) is 0 Å². The number of hydrogen-bond donors (Lipinski definition) is 3. The summed E-state index contributed by atoms with van der Waals surface area (Å²) in [6.45, 7) is -0.00755. The van der Waals surface area contributed by atoms with Crippen LogP contribution in [-0.4, -0.2) is 25.5 Å². The van der Waals surface area contributed by atoms with Crippen molar-refractivity contribution in [3.8, 4) is 5.75 Å². The van der Waals surface area contributed by atoms with Crippen molar-refractivity contribution in [2.24, 2.45) is 0 Å². The summed E-state index contributed by atoms with van der Waals surface area (Å²) in [6, 6.07) is 17.7. The summed E-state index contributed by atoms with van der Waals surface area (Å²) in [4.78, 5) is 24.4. The summed E-state index contributed by atoms with van der Waals surface area (Å²) in [5.74, 6) is -0.421. The normalized spacial score (nSPS) is 10.2. The van der Waals surface area contributed by atoms with Crippen LogP contribution in [0.4, 0.5) is 21.5 Å². The Morgan fingerprint density at radius 1 is 0.900 bits per heavy atom. The van der Waals surface area contributed by atoms with Gasteiger partial charge in [-0.25, -0.2) is 4.39 Å². The van der Waals surface area contributed by atoms with Gasteiger partial charge in [0.25, 0.3) is 5.91 Å². The Morgan fingerprint density at radius 3 is 2.17 bits per heavy atom. The van der Waals surface area contributed by atoms with Crippen molar-refractivity contribution in [2.45, 2.75) is 0 Å². The number of carbonyl (C=O) groups excluding carboxylic acids is 2. The maximum atomic E-state index is 13.2. The van der Waals surface area contributed by atoms with Crippen molar-refractivity contribution in [3.05, 3.63) is 83.1 Å². The van der Waals surface area contributed by atoms with Gasteiger partial charge in [-0.3, -0.25) is 9.59 Å². The van der Waals surface area contributed by atoms with E-state index in [9.17, 15) is 14.0 Å². The Morgan fingerprint density at radius 2 is 1.53 bits per heavy atom. The number of methoxy groups -OCH3 is 1. The SMILES string of the molecule is COc1ccc(NC(=O)c2ccc(NCC(=O)Nc3ccc(F)c(Cl)c3)cc2)cc1. The summed E-state index contributed by atoms with van der Waals surface area (Å²) >= 11 is 5.70. The van der Waals surface area contributed by atoms with Gasteiger partial charge in [-0.1, -0.05) is 11.6 Å². The molecule has 0 aliphatic heterocycles. The van der Waals surface area contributed by atoms with Gasteiger partial charge >= 0.3 is 0 Å². The average molecular weight is 428 g/mol. The molecule has 2 amide bonds. The second-order valence-electron chi connectivity index (χ2n) is 6.29. The zero-order valence-corrected chi connectivity index (χ0v) is 16.8. The first-order valence-corrected chi connectivity index (χ1v) is 9.36. The van der Waals surface area contributed by atoms with Gasteiger partial charge in [0.2, 0.25) is 5.91 Å². The fourth-order valence-corrected chi connectivity index (χ4v) is 2.76. The molecule has 0 heterocycles. The van der Waals surface area contributed by atoms with E-state index in [4.69, 9.17) is 16.3 Å². The Balaban J connectivity index is 1.51. The Kier molecular flexibility index (Phi) is 6.87. The molecule has 6 nitrogen and oxygen atoms in total. The third-order valence-corrected chi connectivity index (χ3v) is 4.44. The lowest BCUT2D eigenvalue weighted by Gasteiger charge is -2.10. The molecular weight excluding hydrogens is 409 g/mol. The molecule has 0 atom stereocenters. The van der Waals surface area contributed by atoms with Crippen molar-refractivity contribution in [1.82, 2.24) is 0 Å². The number of anilines is 3. The fourth-order valence-electron chi connectivity index (χ4n) is 2.58. The highest BCUT2D eigenvalue weighted by atomic mass is 35.5. The highest BCUT2D eigenvalue weighted by Crippen LogP contribution is 2.19. The first kappa shape index (κ1) is 21.1. The quantitative estimate of drug-likeness (QED) is 0.506. The smallest absolute Gasteiger partial charge is 0.255 e. The van der Waals surface area contributed by atoms with Gasteiger partial charge in [0.15, 0.2) is 0 Å². The van der Waals surface area contributed by atoms with Crippen LogP contribution in [0.5, 0.6) is 5.75 Å². The fraction of sp³-hybridized carbons (Fsp3) is 0.0909. The largest absolute Gasteiger partial charge is 0.497 e. The molecule has 154 valence electrons. The summed E-state index contributed by atoms with van der Waals surface area (Å²) in [7, 11) is 1.57. The van der Waals surface area contributed by atoms with E-state index in [0.717, 1.165) is 0 Å². The lowest BCUT2D eigenvalue weighted by molar-refractivity contribution is -0.114. The van der Waals surface area contributed by atoms with Crippen molar-refractivity contribution >= 4 is 40.5 Å². The number of benzene rings is 3. The van der Waals surface area contributed by atoms with Crippen LogP contribution in [0, 0.1) is 5.82 Å². The lowest BCUT2D eigenvalue weighted by atomic mass is 10.2. The van der Waals surface area contributed by atoms with E-state index in [1.807, 2.05) is 0 Å². The van der Waals surface area contributed by atoms with Gasteiger partial charge in [-0.2, -0.15) is 0 Å². The number of hydrogen-bond acceptors (Lipinski definition) is 4. The molecule has 0 spiro atoms. The Hall–Kier alpha value is -3.58. The van der Waals surface area contributed by atoms with E-state index < -0.39 is 5.82 Å². The van der Waals surface area contributed by atoms with Gasteiger partial charge in [-0.05, 0) is 66.7 Å². The van der Waals surface area contributed by atoms with E-state index in [2.05, 4.69) is 16.0 Å². The lowest BCUT2D eigenvalue weighted by Crippen LogP contribution is -2.21. The van der Waals surface area contributed by atoms with Gasteiger partial charge in [0, 0.05) is 22.6 Å². The summed E-state index contributed by atoms with van der Waals surface area (Å²) < 4.78 is 18.2. The molecule has 0 radical (unpaired) electrons. The molecule has 0 saturated heterocycles. The zero-order chi connectivity index (χ0) is 21.5. The molecule has 0 aliphatic carbocycles. The number of amides is 2. The van der Waals surface area contributed by atoms with Gasteiger partial charge < -0.3 is 20.7 Å². The van der Waals surface area contributed by atoms with E-state index in [1.165, 1.54) is 18.2 Å². The highest BCUT2D eigenvalue weighted by molar-refractivity contribution is 6.31. The van der Waals surface area contributed by atoms with E-state index >= 15 is 0 Å². The molecular formula is C22H19ClFN3O3. The standard InChI is InChI=1S/C22H19ClFN3O3/c1-30-18-9-6-16(7-10-18)27-22(29)14-2-4-15(5-3-14)25-13-21(28)26-17-8-11-20(24)19(23)12-17/h2-12,25H,13H2,1H3,(H,26,28)(H,27,29). The molecule has 8 heteroatoms. The van der Waals surface area contributed by atoms with Crippen LogP contribution < -0.4 is 20.7 Å². The first-order valence-electron chi connectivity index (χ1n) is 8.99. The molecule has 0 saturated carbocycles. The maximum absolute atomic E-state index is 13.2. The third-order valence-electron chi connectivity index (χ3n) is 4.15. The first-order chi connectivity index (χ1) is 14.4. The Labute approximate surface area is 178 Å². The number of halogens is 2. The van der Waals surface area contributed by atoms with Crippen LogP contribution in [0.1, 0.15) is 10.4 Å². The molecule has 0 fully saturated rings. The van der Waals surface area contributed by atoms with Gasteiger partial charge in [0.1, 0.15) is 11.6 Å². The topological polar surface area (TPSA) is 79.5 Å². The highest BCUT2D eigenvalue weighted by Gasteiger charge is 2.08. The van der Waals surface area contributed by atoms with Crippen LogP contribution in [0.15, 0.2) is 66.7 Å². The molecule has 3 N–H and O–H groups in total. The molecule has 30 heavy (non-hydrogen) atoms. The van der Waals surface area contributed by atoms with E-state index in [-0.39, 0.29) is 23.4 Å². The molecule has 0 aliphatic rings. The number of ether oxygens (including phenoxy) is 1. The van der Waals surface area contributed by atoms with Crippen LogP contribution in [-0.2, 0) is 4.79 Å². The monoisotopic (exact) mass is 427 g/mol. The van der Waals surface area contributed by atoms with Crippen molar-refractivity contribution in [2.75, 3.05) is 29.6 Å².